The number of aryl methyl sites for hydroxylation is 1. The topological polar surface area (TPSA) is 78.1 Å². The second kappa shape index (κ2) is 9.71. The molecule has 2 heterocycles. The lowest BCUT2D eigenvalue weighted by atomic mass is 9.87. The molecule has 1 aliphatic rings. The number of likely N-dealkylation sites (N-methyl/N-ethyl adjacent to an activating group) is 1. The first kappa shape index (κ1) is 21.0. The number of H-pyrrole nitrogens is 1. The number of carbonyl (C=O) groups is 1. The molecule has 0 aliphatic heterocycles. The third kappa shape index (κ3) is 5.27. The molecule has 1 amide bonds. The van der Waals surface area contributed by atoms with E-state index in [4.69, 9.17) is 0 Å². The predicted octanol–water partition coefficient (Wildman–Crippen LogP) is 3.25. The van der Waals surface area contributed by atoms with Crippen LogP contribution in [0.25, 0.3) is 0 Å². The fourth-order valence-electron chi connectivity index (χ4n) is 4.15. The van der Waals surface area contributed by atoms with Crippen LogP contribution in [0.15, 0.2) is 65.6 Å². The van der Waals surface area contributed by atoms with Crippen molar-refractivity contribution in [3.63, 3.8) is 0 Å². The molecular formula is C25H28N4O2. The van der Waals surface area contributed by atoms with Crippen LogP contribution in [0.5, 0.6) is 0 Å². The number of rotatable bonds is 7. The number of aromatic nitrogens is 2. The summed E-state index contributed by atoms with van der Waals surface area (Å²) in [6.07, 6.45) is 5.58. The molecule has 2 N–H and O–H groups in total. The van der Waals surface area contributed by atoms with Crippen LogP contribution >= 0.6 is 0 Å². The van der Waals surface area contributed by atoms with Gasteiger partial charge in [0.15, 0.2) is 0 Å². The highest BCUT2D eigenvalue weighted by atomic mass is 16.2. The molecule has 1 aromatic carbocycles. The van der Waals surface area contributed by atoms with Gasteiger partial charge in [-0.1, -0.05) is 30.3 Å². The number of nitrogens with one attached hydrogen (secondary N) is 2. The minimum absolute atomic E-state index is 0.0470. The predicted molar refractivity (Wildman–Crippen MR) is 121 cm³/mol. The average molecular weight is 417 g/mol. The van der Waals surface area contributed by atoms with Crippen molar-refractivity contribution in [3.05, 3.63) is 99.2 Å². The first-order chi connectivity index (χ1) is 15.1. The van der Waals surface area contributed by atoms with E-state index < -0.39 is 0 Å². The van der Waals surface area contributed by atoms with Gasteiger partial charge in [-0.25, -0.2) is 0 Å². The molecule has 1 atom stereocenters. The first-order valence-electron chi connectivity index (χ1n) is 10.8. The van der Waals surface area contributed by atoms with E-state index >= 15 is 0 Å². The normalized spacial score (nSPS) is 15.5. The Morgan fingerprint density at radius 1 is 1.16 bits per heavy atom. The molecule has 31 heavy (non-hydrogen) atoms. The summed E-state index contributed by atoms with van der Waals surface area (Å²) in [5.74, 6) is -0.321. The lowest BCUT2D eigenvalue weighted by Gasteiger charge is -2.26. The fraction of sp³-hybridized carbons (Fsp3) is 0.320. The van der Waals surface area contributed by atoms with E-state index in [1.165, 1.54) is 5.56 Å². The molecule has 0 spiro atoms. The highest BCUT2D eigenvalue weighted by Gasteiger charge is 2.23. The maximum absolute atomic E-state index is 12.8. The molecule has 0 saturated heterocycles. The maximum Gasteiger partial charge on any atom is 0.261 e. The summed E-state index contributed by atoms with van der Waals surface area (Å²) in [5, 5.41) is 3.05. The average Bonchev–Trinajstić information content (AvgIpc) is 2.79. The molecule has 1 aliphatic carbocycles. The molecule has 160 valence electrons. The van der Waals surface area contributed by atoms with Crippen LogP contribution < -0.4 is 10.9 Å². The lowest BCUT2D eigenvalue weighted by Crippen LogP contribution is -2.34. The van der Waals surface area contributed by atoms with Crippen molar-refractivity contribution < 1.29 is 4.79 Å². The summed E-state index contributed by atoms with van der Waals surface area (Å²) < 4.78 is 0. The van der Waals surface area contributed by atoms with Crippen LogP contribution in [0.2, 0.25) is 0 Å². The quantitative estimate of drug-likeness (QED) is 0.620. The van der Waals surface area contributed by atoms with Gasteiger partial charge in [-0.2, -0.15) is 0 Å². The number of hydrogen-bond donors (Lipinski definition) is 2. The van der Waals surface area contributed by atoms with Crippen LogP contribution in [0, 0.1) is 0 Å². The van der Waals surface area contributed by atoms with Gasteiger partial charge in [-0.15, -0.1) is 0 Å². The monoisotopic (exact) mass is 416 g/mol. The molecule has 6 heteroatoms. The third-order valence-electron chi connectivity index (χ3n) is 5.81. The van der Waals surface area contributed by atoms with E-state index in [9.17, 15) is 9.59 Å². The Balaban J connectivity index is 1.37. The van der Waals surface area contributed by atoms with E-state index in [1.807, 2.05) is 43.4 Å². The molecule has 6 nitrogen and oxygen atoms in total. The van der Waals surface area contributed by atoms with Gasteiger partial charge >= 0.3 is 0 Å². The Bertz CT molecular complexity index is 1090. The summed E-state index contributed by atoms with van der Waals surface area (Å²) >= 11 is 0. The molecule has 0 bridgehead atoms. The molecule has 0 fully saturated rings. The third-order valence-corrected chi connectivity index (χ3v) is 5.81. The van der Waals surface area contributed by atoms with Crippen molar-refractivity contribution in [3.8, 4) is 0 Å². The number of fused-ring (bicyclic) bond motifs is 1. The Labute approximate surface area is 182 Å². The fourth-order valence-corrected chi connectivity index (χ4v) is 4.15. The number of nitrogens with zero attached hydrogens (tertiary/aromatic N) is 2. The zero-order valence-corrected chi connectivity index (χ0v) is 17.8. The summed E-state index contributed by atoms with van der Waals surface area (Å²) in [6.45, 7) is 1.42. The number of aromatic amines is 1. The SMILES string of the molecule is CN(CCc1ccccn1)Cc1ccc(C(=O)N[C@H]2CCCc3ccccc32)c(=O)[nH]1. The molecular weight excluding hydrogens is 388 g/mol. The molecule has 0 unspecified atom stereocenters. The summed E-state index contributed by atoms with van der Waals surface area (Å²) in [4.78, 5) is 34.7. The van der Waals surface area contributed by atoms with Crippen molar-refractivity contribution in [2.24, 2.45) is 0 Å². The van der Waals surface area contributed by atoms with Crippen molar-refractivity contribution in [1.29, 1.82) is 0 Å². The summed E-state index contributed by atoms with van der Waals surface area (Å²) in [5.41, 5.74) is 4.06. The molecule has 3 aromatic rings. The Morgan fingerprint density at radius 2 is 2.00 bits per heavy atom. The minimum Gasteiger partial charge on any atom is -0.345 e. The van der Waals surface area contributed by atoms with Crippen molar-refractivity contribution in [1.82, 2.24) is 20.2 Å². The van der Waals surface area contributed by atoms with Crippen molar-refractivity contribution in [2.45, 2.75) is 38.3 Å². The van der Waals surface area contributed by atoms with Gasteiger partial charge in [0.05, 0.1) is 6.04 Å². The van der Waals surface area contributed by atoms with E-state index in [-0.39, 0.29) is 23.1 Å². The highest BCUT2D eigenvalue weighted by Crippen LogP contribution is 2.29. The number of amides is 1. The van der Waals surface area contributed by atoms with Crippen molar-refractivity contribution >= 4 is 5.91 Å². The minimum atomic E-state index is -0.350. The van der Waals surface area contributed by atoms with Crippen LogP contribution in [0.3, 0.4) is 0 Å². The number of pyridine rings is 2. The van der Waals surface area contributed by atoms with Crippen molar-refractivity contribution in [2.75, 3.05) is 13.6 Å². The van der Waals surface area contributed by atoms with Gasteiger partial charge in [0.25, 0.3) is 11.5 Å². The zero-order chi connectivity index (χ0) is 21.6. The second-order valence-corrected chi connectivity index (χ2v) is 8.15. The Hall–Kier alpha value is -3.25. The zero-order valence-electron chi connectivity index (χ0n) is 17.8. The van der Waals surface area contributed by atoms with Gasteiger partial charge in [0.1, 0.15) is 5.56 Å². The largest absolute Gasteiger partial charge is 0.345 e. The number of benzene rings is 1. The summed E-state index contributed by atoms with van der Waals surface area (Å²) in [7, 11) is 2.00. The molecule has 2 aromatic heterocycles. The Kier molecular flexibility index (Phi) is 6.57. The highest BCUT2D eigenvalue weighted by molar-refractivity contribution is 5.94. The Morgan fingerprint density at radius 3 is 2.81 bits per heavy atom. The smallest absolute Gasteiger partial charge is 0.261 e. The van der Waals surface area contributed by atoms with Gasteiger partial charge < -0.3 is 15.2 Å². The van der Waals surface area contributed by atoms with Crippen LogP contribution in [-0.4, -0.2) is 34.4 Å². The van der Waals surface area contributed by atoms with Gasteiger partial charge in [0.2, 0.25) is 0 Å². The standard InChI is InChI=1S/C25H28N4O2/c1-29(16-14-19-9-4-5-15-26-19)17-20-12-13-22(24(30)27-20)25(31)28-23-11-6-8-18-7-2-3-10-21(18)23/h2-5,7,9-10,12-13,15,23H,6,8,11,14,16-17H2,1H3,(H,27,30)(H,28,31)/t23-/m0/s1. The second-order valence-electron chi connectivity index (χ2n) is 8.15. The lowest BCUT2D eigenvalue weighted by molar-refractivity contribution is 0.0931. The van der Waals surface area contributed by atoms with Crippen LogP contribution in [-0.2, 0) is 19.4 Å². The van der Waals surface area contributed by atoms with E-state index in [0.29, 0.717) is 6.54 Å². The van der Waals surface area contributed by atoms with E-state index in [2.05, 4.69) is 32.3 Å². The molecule has 0 radical (unpaired) electrons. The van der Waals surface area contributed by atoms with Gasteiger partial charge in [-0.05, 0) is 61.7 Å². The van der Waals surface area contributed by atoms with E-state index in [1.54, 1.807) is 12.3 Å². The van der Waals surface area contributed by atoms with Gasteiger partial charge in [0, 0.05) is 37.1 Å². The summed E-state index contributed by atoms with van der Waals surface area (Å²) in [6, 6.07) is 17.5. The van der Waals surface area contributed by atoms with E-state index in [0.717, 1.165) is 49.2 Å². The maximum atomic E-state index is 12.8. The van der Waals surface area contributed by atoms with Crippen LogP contribution in [0.4, 0.5) is 0 Å². The first-order valence-corrected chi connectivity index (χ1v) is 10.8. The number of carbonyl (C=O) groups excluding carboxylic acids is 1. The molecule has 4 rings (SSSR count). The number of hydrogen-bond acceptors (Lipinski definition) is 4. The molecule has 0 saturated carbocycles. The van der Waals surface area contributed by atoms with Crippen LogP contribution in [0.1, 0.15) is 51.8 Å². The van der Waals surface area contributed by atoms with Gasteiger partial charge in [-0.3, -0.25) is 14.6 Å².